The van der Waals surface area contributed by atoms with Gasteiger partial charge in [-0.25, -0.2) is 9.97 Å². The second-order valence-electron chi connectivity index (χ2n) is 7.35. The molecule has 0 saturated carbocycles. The normalized spacial score (nSPS) is 10.5. The van der Waals surface area contributed by atoms with Crippen LogP contribution in [0.15, 0.2) is 91.3 Å². The zero-order valence-electron chi connectivity index (χ0n) is 17.8. The van der Waals surface area contributed by atoms with Crippen molar-refractivity contribution >= 4 is 34.8 Å². The second kappa shape index (κ2) is 10.5. The third-order valence-corrected chi connectivity index (χ3v) is 5.34. The minimum absolute atomic E-state index is 0.298. The van der Waals surface area contributed by atoms with Crippen LogP contribution in [-0.2, 0) is 13.1 Å². The average molecular weight is 459 g/mol. The molecule has 0 aliphatic heterocycles. The SMILES string of the molecule is Nc1c(NNC(=O)c2ccccc2Cl)ncnc1N(Cc1ccccc1)Cc1ccccc1. The van der Waals surface area contributed by atoms with Gasteiger partial charge in [0.05, 0.1) is 10.6 Å². The third-order valence-electron chi connectivity index (χ3n) is 5.01. The van der Waals surface area contributed by atoms with Crippen LogP contribution >= 0.6 is 11.6 Å². The van der Waals surface area contributed by atoms with E-state index in [1.54, 1.807) is 24.3 Å². The molecule has 0 spiro atoms. The summed E-state index contributed by atoms with van der Waals surface area (Å²) in [6.45, 7) is 1.20. The van der Waals surface area contributed by atoms with Crippen molar-refractivity contribution in [3.63, 3.8) is 0 Å². The molecule has 0 aliphatic rings. The van der Waals surface area contributed by atoms with Gasteiger partial charge in [0, 0.05) is 13.1 Å². The number of aromatic nitrogens is 2. The molecule has 33 heavy (non-hydrogen) atoms. The molecule has 7 nitrogen and oxygen atoms in total. The van der Waals surface area contributed by atoms with Gasteiger partial charge in [-0.15, -0.1) is 0 Å². The highest BCUT2D eigenvalue weighted by Crippen LogP contribution is 2.28. The Bertz CT molecular complexity index is 1180. The average Bonchev–Trinajstić information content (AvgIpc) is 2.84. The van der Waals surface area contributed by atoms with E-state index in [1.165, 1.54) is 6.33 Å². The van der Waals surface area contributed by atoms with Gasteiger partial charge < -0.3 is 10.6 Å². The van der Waals surface area contributed by atoms with Crippen LogP contribution in [0, 0.1) is 0 Å². The Kier molecular flexibility index (Phi) is 7.02. The van der Waals surface area contributed by atoms with Gasteiger partial charge in [-0.3, -0.25) is 15.6 Å². The van der Waals surface area contributed by atoms with E-state index in [-0.39, 0.29) is 0 Å². The van der Waals surface area contributed by atoms with E-state index >= 15 is 0 Å². The fourth-order valence-corrected chi connectivity index (χ4v) is 3.60. The van der Waals surface area contributed by atoms with E-state index in [0.29, 0.717) is 41.0 Å². The molecule has 0 atom stereocenters. The van der Waals surface area contributed by atoms with Crippen LogP contribution in [0.25, 0.3) is 0 Å². The standard InChI is InChI=1S/C25H23ClN6O/c26-21-14-8-7-13-20(21)25(33)31-30-23-22(27)24(29-17-28-23)32(15-18-9-3-1-4-10-18)16-19-11-5-2-6-12-19/h1-14,17H,15-16,27H2,(H,31,33)(H,28,29,30). The van der Waals surface area contributed by atoms with Crippen LogP contribution in [0.1, 0.15) is 21.5 Å². The molecule has 166 valence electrons. The van der Waals surface area contributed by atoms with Gasteiger partial charge in [0.25, 0.3) is 5.91 Å². The molecule has 1 aromatic heterocycles. The van der Waals surface area contributed by atoms with Crippen LogP contribution in [0.2, 0.25) is 5.02 Å². The van der Waals surface area contributed by atoms with E-state index in [2.05, 4.69) is 50.0 Å². The lowest BCUT2D eigenvalue weighted by atomic mass is 10.1. The maximum atomic E-state index is 12.5. The Morgan fingerprint density at radius 3 is 2.03 bits per heavy atom. The zero-order valence-corrected chi connectivity index (χ0v) is 18.5. The molecule has 0 aliphatic carbocycles. The zero-order chi connectivity index (χ0) is 23.0. The predicted molar refractivity (Wildman–Crippen MR) is 132 cm³/mol. The number of carbonyl (C=O) groups is 1. The topological polar surface area (TPSA) is 96.2 Å². The monoisotopic (exact) mass is 458 g/mol. The summed E-state index contributed by atoms with van der Waals surface area (Å²) in [6, 6.07) is 26.9. The minimum atomic E-state index is -0.398. The minimum Gasteiger partial charge on any atom is -0.393 e. The fraction of sp³-hybridized carbons (Fsp3) is 0.0800. The van der Waals surface area contributed by atoms with E-state index < -0.39 is 5.91 Å². The Hall–Kier alpha value is -4.10. The van der Waals surface area contributed by atoms with Crippen molar-refractivity contribution < 1.29 is 4.79 Å². The highest BCUT2D eigenvalue weighted by molar-refractivity contribution is 6.33. The number of benzene rings is 3. The first-order chi connectivity index (χ1) is 16.1. The van der Waals surface area contributed by atoms with Crippen molar-refractivity contribution in [1.82, 2.24) is 15.4 Å². The molecular weight excluding hydrogens is 436 g/mol. The predicted octanol–water partition coefficient (Wildman–Crippen LogP) is 4.68. The summed E-state index contributed by atoms with van der Waals surface area (Å²) in [7, 11) is 0. The highest BCUT2D eigenvalue weighted by Gasteiger charge is 2.17. The van der Waals surface area contributed by atoms with Gasteiger partial charge in [-0.2, -0.15) is 0 Å². The lowest BCUT2D eigenvalue weighted by Crippen LogP contribution is -2.31. The van der Waals surface area contributed by atoms with E-state index in [9.17, 15) is 4.79 Å². The van der Waals surface area contributed by atoms with E-state index in [4.69, 9.17) is 17.3 Å². The van der Waals surface area contributed by atoms with E-state index in [1.807, 2.05) is 36.4 Å². The summed E-state index contributed by atoms with van der Waals surface area (Å²) in [5.41, 5.74) is 14.7. The molecule has 0 radical (unpaired) electrons. The highest BCUT2D eigenvalue weighted by atomic mass is 35.5. The van der Waals surface area contributed by atoms with Crippen LogP contribution in [0.3, 0.4) is 0 Å². The molecule has 1 amide bonds. The van der Waals surface area contributed by atoms with Crippen molar-refractivity contribution in [2.75, 3.05) is 16.1 Å². The molecule has 0 saturated heterocycles. The molecule has 1 heterocycles. The van der Waals surface area contributed by atoms with Crippen LogP contribution < -0.4 is 21.5 Å². The maximum Gasteiger partial charge on any atom is 0.271 e. The summed E-state index contributed by atoms with van der Waals surface area (Å²) in [6.07, 6.45) is 1.42. The number of carbonyl (C=O) groups excluding carboxylic acids is 1. The molecule has 3 aromatic carbocycles. The van der Waals surface area contributed by atoms with Gasteiger partial charge in [0.15, 0.2) is 11.6 Å². The molecule has 0 fully saturated rings. The van der Waals surface area contributed by atoms with Gasteiger partial charge in [0.2, 0.25) is 0 Å². The fourth-order valence-electron chi connectivity index (χ4n) is 3.38. The van der Waals surface area contributed by atoms with E-state index in [0.717, 1.165) is 11.1 Å². The first-order valence-corrected chi connectivity index (χ1v) is 10.7. The molecular formula is C25H23ClN6O. The second-order valence-corrected chi connectivity index (χ2v) is 7.75. The Balaban J connectivity index is 1.57. The number of nitrogen functional groups attached to an aromatic ring is 1. The largest absolute Gasteiger partial charge is 0.393 e. The molecule has 0 unspecified atom stereocenters. The van der Waals surface area contributed by atoms with Crippen LogP contribution in [-0.4, -0.2) is 15.9 Å². The van der Waals surface area contributed by atoms with Crippen molar-refractivity contribution in [1.29, 1.82) is 0 Å². The number of hydrazine groups is 1. The van der Waals surface area contributed by atoms with Crippen molar-refractivity contribution in [3.05, 3.63) is 113 Å². The van der Waals surface area contributed by atoms with Gasteiger partial charge in [0.1, 0.15) is 12.0 Å². The number of nitrogens with two attached hydrogens (primary N) is 1. The Morgan fingerprint density at radius 2 is 1.42 bits per heavy atom. The lowest BCUT2D eigenvalue weighted by molar-refractivity contribution is 0.0962. The number of nitrogens with one attached hydrogen (secondary N) is 2. The Labute approximate surface area is 197 Å². The first kappa shape index (κ1) is 22.1. The van der Waals surface area contributed by atoms with Gasteiger partial charge in [-0.05, 0) is 23.3 Å². The molecule has 4 N–H and O–H groups in total. The van der Waals surface area contributed by atoms with Gasteiger partial charge >= 0.3 is 0 Å². The van der Waals surface area contributed by atoms with Crippen molar-refractivity contribution in [2.45, 2.75) is 13.1 Å². The maximum absolute atomic E-state index is 12.5. The summed E-state index contributed by atoms with van der Waals surface area (Å²) >= 11 is 6.11. The van der Waals surface area contributed by atoms with Gasteiger partial charge in [-0.1, -0.05) is 84.4 Å². The molecule has 4 rings (SSSR count). The van der Waals surface area contributed by atoms with Crippen molar-refractivity contribution in [2.24, 2.45) is 0 Å². The number of halogens is 1. The van der Waals surface area contributed by atoms with Crippen LogP contribution in [0.4, 0.5) is 17.3 Å². The number of anilines is 3. The molecule has 4 aromatic rings. The summed E-state index contributed by atoms with van der Waals surface area (Å²) in [4.78, 5) is 23.2. The number of nitrogens with zero attached hydrogens (tertiary/aromatic N) is 3. The number of hydrogen-bond acceptors (Lipinski definition) is 6. The third kappa shape index (κ3) is 5.58. The quantitative estimate of drug-likeness (QED) is 0.332. The van der Waals surface area contributed by atoms with Crippen LogP contribution in [0.5, 0.6) is 0 Å². The number of rotatable bonds is 8. The summed E-state index contributed by atoms with van der Waals surface area (Å²) < 4.78 is 0. The number of amides is 1. The summed E-state index contributed by atoms with van der Waals surface area (Å²) in [5.74, 6) is 0.462. The lowest BCUT2D eigenvalue weighted by Gasteiger charge is -2.26. The Morgan fingerprint density at radius 1 is 0.848 bits per heavy atom. The van der Waals surface area contributed by atoms with Crippen molar-refractivity contribution in [3.8, 4) is 0 Å². The first-order valence-electron chi connectivity index (χ1n) is 10.4. The number of hydrogen-bond donors (Lipinski definition) is 3. The molecule has 8 heteroatoms. The smallest absolute Gasteiger partial charge is 0.271 e. The molecule has 0 bridgehead atoms. The summed E-state index contributed by atoms with van der Waals surface area (Å²) in [5, 5.41) is 0.352.